The van der Waals surface area contributed by atoms with Crippen LogP contribution in [0.15, 0.2) is 0 Å². The van der Waals surface area contributed by atoms with Gasteiger partial charge in [0.15, 0.2) is 0 Å². The van der Waals surface area contributed by atoms with Crippen molar-refractivity contribution in [2.45, 2.75) is 45.2 Å². The molecule has 0 amide bonds. The van der Waals surface area contributed by atoms with Gasteiger partial charge in [0.05, 0.1) is 0 Å². The first-order valence-corrected chi connectivity index (χ1v) is 5.51. The van der Waals surface area contributed by atoms with Crippen molar-refractivity contribution >= 4 is 0 Å². The fraction of sp³-hybridized carbons (Fsp3) is 1.00. The molecule has 0 bridgehead atoms. The molecule has 1 saturated heterocycles. The van der Waals surface area contributed by atoms with Gasteiger partial charge in [-0.05, 0) is 40.8 Å². The summed E-state index contributed by atoms with van der Waals surface area (Å²) in [6, 6.07) is 1.59. The molecule has 0 N–H and O–H groups in total. The molecule has 1 rings (SSSR count). The molecule has 13 heavy (non-hydrogen) atoms. The van der Waals surface area contributed by atoms with Crippen molar-refractivity contribution in [3.63, 3.8) is 0 Å². The van der Waals surface area contributed by atoms with Gasteiger partial charge >= 0.3 is 0 Å². The van der Waals surface area contributed by atoms with Crippen LogP contribution in [0.3, 0.4) is 0 Å². The van der Waals surface area contributed by atoms with Crippen LogP contribution in [0, 0.1) is 0 Å². The molecule has 0 radical (unpaired) electrons. The monoisotopic (exact) mass is 184 g/mol. The second-order valence-corrected chi connectivity index (χ2v) is 4.67. The first-order valence-electron chi connectivity index (χ1n) is 5.51. The average molecular weight is 184 g/mol. The van der Waals surface area contributed by atoms with Gasteiger partial charge in [0, 0.05) is 25.2 Å². The third kappa shape index (κ3) is 3.28. The zero-order valence-electron chi connectivity index (χ0n) is 9.58. The molecular weight excluding hydrogens is 160 g/mol. The smallest absolute Gasteiger partial charge is 0.0115 e. The number of nitrogens with zero attached hydrogens (tertiary/aromatic N) is 2. The van der Waals surface area contributed by atoms with Crippen LogP contribution in [-0.4, -0.2) is 49.1 Å². The van der Waals surface area contributed by atoms with E-state index < -0.39 is 0 Å². The van der Waals surface area contributed by atoms with Crippen molar-refractivity contribution in [3.8, 4) is 0 Å². The Labute approximate surface area is 82.9 Å². The Hall–Kier alpha value is -0.0800. The molecule has 1 fully saturated rings. The fourth-order valence-electron chi connectivity index (χ4n) is 2.23. The molecule has 1 heterocycles. The van der Waals surface area contributed by atoms with Gasteiger partial charge in [-0.25, -0.2) is 0 Å². The van der Waals surface area contributed by atoms with Gasteiger partial charge in [0.2, 0.25) is 0 Å². The zero-order chi connectivity index (χ0) is 9.84. The molecule has 0 aromatic carbocycles. The van der Waals surface area contributed by atoms with Gasteiger partial charge in [-0.3, -0.25) is 4.90 Å². The highest BCUT2D eigenvalue weighted by atomic mass is 15.2. The van der Waals surface area contributed by atoms with Crippen LogP contribution < -0.4 is 0 Å². The van der Waals surface area contributed by atoms with Crippen LogP contribution in [0.4, 0.5) is 0 Å². The van der Waals surface area contributed by atoms with E-state index in [0.717, 1.165) is 12.1 Å². The van der Waals surface area contributed by atoms with E-state index in [0.29, 0.717) is 0 Å². The van der Waals surface area contributed by atoms with Crippen molar-refractivity contribution in [3.05, 3.63) is 0 Å². The molecule has 2 heteroatoms. The first kappa shape index (κ1) is 11.0. The Balaban J connectivity index is 2.35. The SMILES string of the molecule is C[C@@H]1CCC[C@H](C)N1CCN(C)C. The van der Waals surface area contributed by atoms with Crippen LogP contribution >= 0.6 is 0 Å². The Bertz CT molecular complexity index is 135. The quantitative estimate of drug-likeness (QED) is 0.660. The van der Waals surface area contributed by atoms with Crippen molar-refractivity contribution in [2.75, 3.05) is 27.2 Å². The second-order valence-electron chi connectivity index (χ2n) is 4.67. The summed E-state index contributed by atoms with van der Waals surface area (Å²) in [4.78, 5) is 4.93. The molecule has 0 saturated carbocycles. The van der Waals surface area contributed by atoms with Crippen LogP contribution in [0.25, 0.3) is 0 Å². The molecule has 1 aliphatic heterocycles. The molecule has 2 nitrogen and oxygen atoms in total. The van der Waals surface area contributed by atoms with E-state index >= 15 is 0 Å². The van der Waals surface area contributed by atoms with Crippen LogP contribution in [0.1, 0.15) is 33.1 Å². The van der Waals surface area contributed by atoms with Crippen molar-refractivity contribution in [1.82, 2.24) is 9.80 Å². The van der Waals surface area contributed by atoms with Gasteiger partial charge in [-0.15, -0.1) is 0 Å². The molecule has 78 valence electrons. The summed E-state index contributed by atoms with van der Waals surface area (Å²) >= 11 is 0. The summed E-state index contributed by atoms with van der Waals surface area (Å²) in [5.41, 5.74) is 0. The van der Waals surface area contributed by atoms with Gasteiger partial charge in [0.1, 0.15) is 0 Å². The predicted octanol–water partition coefficient (Wildman–Crippen LogP) is 1.81. The average Bonchev–Trinajstić information content (AvgIpc) is 2.03. The minimum Gasteiger partial charge on any atom is -0.308 e. The highest BCUT2D eigenvalue weighted by Gasteiger charge is 2.23. The summed E-state index contributed by atoms with van der Waals surface area (Å²) in [5.74, 6) is 0. The summed E-state index contributed by atoms with van der Waals surface area (Å²) in [6.07, 6.45) is 4.19. The third-order valence-corrected chi connectivity index (χ3v) is 3.18. The number of hydrogen-bond acceptors (Lipinski definition) is 2. The second kappa shape index (κ2) is 4.97. The van der Waals surface area contributed by atoms with Crippen molar-refractivity contribution in [2.24, 2.45) is 0 Å². The molecular formula is C11H24N2. The Morgan fingerprint density at radius 1 is 1.15 bits per heavy atom. The van der Waals surface area contributed by atoms with E-state index in [2.05, 4.69) is 37.7 Å². The lowest BCUT2D eigenvalue weighted by atomic mass is 9.98. The largest absolute Gasteiger partial charge is 0.308 e. The minimum absolute atomic E-state index is 0.795. The maximum Gasteiger partial charge on any atom is 0.0115 e. The Kier molecular flexibility index (Phi) is 4.20. The first-order chi connectivity index (χ1) is 6.11. The van der Waals surface area contributed by atoms with Gasteiger partial charge in [-0.2, -0.15) is 0 Å². The normalized spacial score (nSPS) is 31.2. The number of likely N-dealkylation sites (tertiary alicyclic amines) is 1. The maximum absolute atomic E-state index is 2.66. The molecule has 2 atom stereocenters. The van der Waals surface area contributed by atoms with E-state index in [1.165, 1.54) is 32.4 Å². The van der Waals surface area contributed by atoms with E-state index in [1.54, 1.807) is 0 Å². The zero-order valence-corrected chi connectivity index (χ0v) is 9.58. The van der Waals surface area contributed by atoms with Crippen molar-refractivity contribution in [1.29, 1.82) is 0 Å². The summed E-state index contributed by atoms with van der Waals surface area (Å²) in [7, 11) is 4.30. The van der Waals surface area contributed by atoms with Crippen LogP contribution in [-0.2, 0) is 0 Å². The van der Waals surface area contributed by atoms with Gasteiger partial charge < -0.3 is 4.90 Å². The lowest BCUT2D eigenvalue weighted by Gasteiger charge is -2.39. The number of hydrogen-bond donors (Lipinski definition) is 0. The Morgan fingerprint density at radius 2 is 1.69 bits per heavy atom. The van der Waals surface area contributed by atoms with E-state index in [1.807, 2.05) is 0 Å². The summed E-state index contributed by atoms with van der Waals surface area (Å²) in [6.45, 7) is 7.15. The molecule has 0 aromatic rings. The maximum atomic E-state index is 2.66. The molecule has 0 unspecified atom stereocenters. The predicted molar refractivity (Wildman–Crippen MR) is 58.0 cm³/mol. The summed E-state index contributed by atoms with van der Waals surface area (Å²) in [5, 5.41) is 0. The highest BCUT2D eigenvalue weighted by Crippen LogP contribution is 2.21. The molecule has 0 spiro atoms. The summed E-state index contributed by atoms with van der Waals surface area (Å²) < 4.78 is 0. The standard InChI is InChI=1S/C11H24N2/c1-10-6-5-7-11(2)13(10)9-8-12(3)4/h10-11H,5-9H2,1-4H3/t10-,11+. The number of rotatable bonds is 3. The molecule has 1 aliphatic rings. The Morgan fingerprint density at radius 3 is 2.15 bits per heavy atom. The van der Waals surface area contributed by atoms with E-state index in [9.17, 15) is 0 Å². The number of likely N-dealkylation sites (N-methyl/N-ethyl adjacent to an activating group) is 1. The lowest BCUT2D eigenvalue weighted by molar-refractivity contribution is 0.0950. The van der Waals surface area contributed by atoms with E-state index in [-0.39, 0.29) is 0 Å². The van der Waals surface area contributed by atoms with E-state index in [4.69, 9.17) is 0 Å². The molecule has 0 aromatic heterocycles. The fourth-order valence-corrected chi connectivity index (χ4v) is 2.23. The lowest BCUT2D eigenvalue weighted by Crippen LogP contribution is -2.46. The minimum atomic E-state index is 0.795. The number of piperidine rings is 1. The van der Waals surface area contributed by atoms with Crippen LogP contribution in [0.2, 0.25) is 0 Å². The highest BCUT2D eigenvalue weighted by molar-refractivity contribution is 4.79. The van der Waals surface area contributed by atoms with Gasteiger partial charge in [-0.1, -0.05) is 6.42 Å². The van der Waals surface area contributed by atoms with Gasteiger partial charge in [0.25, 0.3) is 0 Å². The van der Waals surface area contributed by atoms with Crippen LogP contribution in [0.5, 0.6) is 0 Å². The third-order valence-electron chi connectivity index (χ3n) is 3.18. The molecule has 0 aliphatic carbocycles. The van der Waals surface area contributed by atoms with Crippen molar-refractivity contribution < 1.29 is 0 Å². The topological polar surface area (TPSA) is 6.48 Å².